The number of nitrogens with one attached hydrogen (secondary N) is 3. The van der Waals surface area contributed by atoms with Gasteiger partial charge in [0.2, 0.25) is 0 Å². The van der Waals surface area contributed by atoms with Gasteiger partial charge in [0.25, 0.3) is 0 Å². The molecule has 156 valence electrons. The van der Waals surface area contributed by atoms with Crippen molar-refractivity contribution in [1.82, 2.24) is 14.9 Å². The molecular formula is C24H23N5O2. The van der Waals surface area contributed by atoms with Crippen molar-refractivity contribution < 1.29 is 9.53 Å². The summed E-state index contributed by atoms with van der Waals surface area (Å²) in [5.41, 5.74) is 4.47. The Balaban J connectivity index is 1.50. The monoisotopic (exact) mass is 413 g/mol. The van der Waals surface area contributed by atoms with Crippen molar-refractivity contribution in [3.05, 3.63) is 78.6 Å². The number of hydrogen-bond donors (Lipinski definition) is 3. The molecule has 0 aliphatic rings. The second-order valence-electron chi connectivity index (χ2n) is 7.13. The van der Waals surface area contributed by atoms with Crippen molar-refractivity contribution >= 4 is 28.6 Å². The molecule has 0 saturated carbocycles. The number of aromatic amines is 1. The number of H-pyrrole nitrogens is 1. The summed E-state index contributed by atoms with van der Waals surface area (Å²) in [4.78, 5) is 21.7. The fourth-order valence-corrected chi connectivity index (χ4v) is 3.43. The van der Waals surface area contributed by atoms with E-state index < -0.39 is 0 Å². The van der Waals surface area contributed by atoms with E-state index >= 15 is 0 Å². The van der Waals surface area contributed by atoms with Crippen molar-refractivity contribution in [2.45, 2.75) is 13.5 Å². The molecule has 2 aromatic carbocycles. The van der Waals surface area contributed by atoms with E-state index in [0.717, 1.165) is 27.7 Å². The molecule has 2 heterocycles. The molecule has 4 rings (SSSR count). The summed E-state index contributed by atoms with van der Waals surface area (Å²) in [6.45, 7) is 1.87. The van der Waals surface area contributed by atoms with Crippen molar-refractivity contribution in [2.75, 3.05) is 12.4 Å². The van der Waals surface area contributed by atoms with Gasteiger partial charge < -0.3 is 15.0 Å². The Hall–Kier alpha value is -4.13. The maximum Gasteiger partial charge on any atom is 0.327 e. The molecule has 2 aromatic heterocycles. The van der Waals surface area contributed by atoms with Crippen LogP contribution in [0, 0.1) is 5.41 Å². The number of rotatable bonds is 5. The first-order valence-corrected chi connectivity index (χ1v) is 9.84. The molecular weight excluding hydrogens is 390 g/mol. The van der Waals surface area contributed by atoms with Crippen LogP contribution in [-0.2, 0) is 6.54 Å². The molecule has 2 amide bonds. The predicted octanol–water partition coefficient (Wildman–Crippen LogP) is 5.27. The Bertz CT molecular complexity index is 1230. The molecule has 7 heteroatoms. The van der Waals surface area contributed by atoms with Gasteiger partial charge in [0, 0.05) is 23.5 Å². The summed E-state index contributed by atoms with van der Waals surface area (Å²) >= 11 is 0. The maximum absolute atomic E-state index is 12.8. The number of aromatic nitrogens is 2. The van der Waals surface area contributed by atoms with E-state index in [4.69, 9.17) is 10.1 Å². The number of hydrogen-bond acceptors (Lipinski definition) is 4. The van der Waals surface area contributed by atoms with Gasteiger partial charge in [0.1, 0.15) is 17.2 Å². The Kier molecular flexibility index (Phi) is 5.66. The van der Waals surface area contributed by atoms with Crippen LogP contribution in [-0.4, -0.2) is 33.8 Å². The van der Waals surface area contributed by atoms with Crippen LogP contribution >= 0.6 is 0 Å². The van der Waals surface area contributed by atoms with E-state index in [1.807, 2.05) is 66.9 Å². The number of anilines is 1. The van der Waals surface area contributed by atoms with Crippen LogP contribution in [0.2, 0.25) is 0 Å². The largest absolute Gasteiger partial charge is 0.497 e. The molecule has 0 saturated heterocycles. The van der Waals surface area contributed by atoms with Gasteiger partial charge in [-0.2, -0.15) is 0 Å². The van der Waals surface area contributed by atoms with Gasteiger partial charge in [-0.3, -0.25) is 10.3 Å². The van der Waals surface area contributed by atoms with Gasteiger partial charge in [0.05, 0.1) is 13.7 Å². The second-order valence-corrected chi connectivity index (χ2v) is 7.13. The average molecular weight is 413 g/mol. The Morgan fingerprint density at radius 2 is 1.97 bits per heavy atom. The number of pyridine rings is 1. The molecule has 0 aliphatic carbocycles. The number of ether oxygens (including phenoxy) is 1. The van der Waals surface area contributed by atoms with Crippen LogP contribution in [0.3, 0.4) is 0 Å². The standard InChI is InChI=1S/C24H23N5O2/c1-16(25)29(15-17-4-3-5-20(14-17)31-2)24(30)28-19-8-6-18(7-9-19)21-10-12-26-23-22(21)11-13-27-23/h3-14,25H,15H2,1-2H3,(H,26,27)(H,28,30). The van der Waals surface area contributed by atoms with E-state index in [2.05, 4.69) is 15.3 Å². The van der Waals surface area contributed by atoms with Crippen molar-refractivity contribution in [3.8, 4) is 16.9 Å². The molecule has 0 bridgehead atoms. The zero-order chi connectivity index (χ0) is 21.8. The van der Waals surface area contributed by atoms with Gasteiger partial charge in [-0.05, 0) is 60.0 Å². The minimum Gasteiger partial charge on any atom is -0.497 e. The normalized spacial score (nSPS) is 10.6. The van der Waals surface area contributed by atoms with Crippen LogP contribution in [0.5, 0.6) is 5.75 Å². The molecule has 0 radical (unpaired) electrons. The summed E-state index contributed by atoms with van der Waals surface area (Å²) in [5.74, 6) is 0.868. The first-order valence-electron chi connectivity index (χ1n) is 9.84. The van der Waals surface area contributed by atoms with Gasteiger partial charge >= 0.3 is 6.03 Å². The number of methoxy groups -OCH3 is 1. The number of nitrogens with zero attached hydrogens (tertiary/aromatic N) is 2. The Morgan fingerprint density at radius 1 is 1.16 bits per heavy atom. The first kappa shape index (κ1) is 20.2. The van der Waals surface area contributed by atoms with E-state index in [0.29, 0.717) is 11.4 Å². The summed E-state index contributed by atoms with van der Waals surface area (Å²) in [6, 6.07) is 18.7. The third-order valence-electron chi connectivity index (χ3n) is 5.03. The molecule has 7 nitrogen and oxygen atoms in total. The Labute approximate surface area is 180 Å². The highest BCUT2D eigenvalue weighted by atomic mass is 16.5. The zero-order valence-electron chi connectivity index (χ0n) is 17.3. The minimum absolute atomic E-state index is 0.156. The number of carbonyl (C=O) groups excluding carboxylic acids is 1. The van der Waals surface area contributed by atoms with Crippen molar-refractivity contribution in [3.63, 3.8) is 0 Å². The molecule has 0 spiro atoms. The number of amides is 2. The summed E-state index contributed by atoms with van der Waals surface area (Å²) in [7, 11) is 1.60. The summed E-state index contributed by atoms with van der Waals surface area (Å²) in [5, 5.41) is 12.0. The highest BCUT2D eigenvalue weighted by Gasteiger charge is 2.17. The van der Waals surface area contributed by atoms with Crippen LogP contribution < -0.4 is 10.1 Å². The van der Waals surface area contributed by atoms with Gasteiger partial charge in [-0.25, -0.2) is 9.78 Å². The SMILES string of the molecule is COc1cccc(CN(C(C)=N)C(=O)Nc2ccc(-c3ccnc4[nH]ccc34)cc2)c1. The topological polar surface area (TPSA) is 94.1 Å². The number of fused-ring (bicyclic) bond motifs is 1. The van der Waals surface area contributed by atoms with E-state index in [-0.39, 0.29) is 18.4 Å². The lowest BCUT2D eigenvalue weighted by Crippen LogP contribution is -2.37. The smallest absolute Gasteiger partial charge is 0.327 e. The third kappa shape index (κ3) is 4.40. The minimum atomic E-state index is -0.361. The van der Waals surface area contributed by atoms with Crippen LogP contribution in [0.15, 0.2) is 73.1 Å². The number of carbonyl (C=O) groups is 1. The number of amidine groups is 1. The van der Waals surface area contributed by atoms with Gasteiger partial charge in [-0.15, -0.1) is 0 Å². The molecule has 0 aliphatic heterocycles. The first-order chi connectivity index (χ1) is 15.0. The Morgan fingerprint density at radius 3 is 2.71 bits per heavy atom. The molecule has 0 atom stereocenters. The van der Waals surface area contributed by atoms with Crippen LogP contribution in [0.1, 0.15) is 12.5 Å². The van der Waals surface area contributed by atoms with Crippen molar-refractivity contribution in [2.24, 2.45) is 0 Å². The lowest BCUT2D eigenvalue weighted by molar-refractivity contribution is 0.232. The highest BCUT2D eigenvalue weighted by Crippen LogP contribution is 2.28. The average Bonchev–Trinajstić information content (AvgIpc) is 3.27. The summed E-state index contributed by atoms with van der Waals surface area (Å²) in [6.07, 6.45) is 3.64. The molecule has 0 unspecified atom stereocenters. The second kappa shape index (κ2) is 8.71. The van der Waals surface area contributed by atoms with Gasteiger partial charge in [0.15, 0.2) is 0 Å². The third-order valence-corrected chi connectivity index (χ3v) is 5.03. The maximum atomic E-state index is 12.8. The van der Waals surface area contributed by atoms with Crippen LogP contribution in [0.25, 0.3) is 22.2 Å². The van der Waals surface area contributed by atoms with Gasteiger partial charge in [-0.1, -0.05) is 24.3 Å². The fraction of sp³-hybridized carbons (Fsp3) is 0.125. The highest BCUT2D eigenvalue weighted by molar-refractivity contribution is 6.01. The van der Waals surface area contributed by atoms with E-state index in [1.165, 1.54) is 4.90 Å². The number of urea groups is 1. The zero-order valence-corrected chi connectivity index (χ0v) is 17.3. The number of benzene rings is 2. The van der Waals surface area contributed by atoms with E-state index in [9.17, 15) is 4.79 Å². The molecule has 31 heavy (non-hydrogen) atoms. The molecule has 0 fully saturated rings. The lowest BCUT2D eigenvalue weighted by Gasteiger charge is -2.22. The quantitative estimate of drug-likeness (QED) is 0.307. The predicted molar refractivity (Wildman–Crippen MR) is 122 cm³/mol. The lowest BCUT2D eigenvalue weighted by atomic mass is 10.0. The van der Waals surface area contributed by atoms with Crippen LogP contribution in [0.4, 0.5) is 10.5 Å². The van der Waals surface area contributed by atoms with Crippen molar-refractivity contribution in [1.29, 1.82) is 5.41 Å². The summed E-state index contributed by atoms with van der Waals surface area (Å²) < 4.78 is 5.24. The fourth-order valence-electron chi connectivity index (χ4n) is 3.43. The van der Waals surface area contributed by atoms with E-state index in [1.54, 1.807) is 20.2 Å². The molecule has 4 aromatic rings. The molecule has 3 N–H and O–H groups in total.